The molecule has 0 aromatic rings. The summed E-state index contributed by atoms with van der Waals surface area (Å²) < 4.78 is 0. The van der Waals surface area contributed by atoms with Crippen molar-refractivity contribution in [1.29, 1.82) is 5.26 Å². The van der Waals surface area contributed by atoms with Gasteiger partial charge in [0, 0.05) is 5.92 Å². The van der Waals surface area contributed by atoms with Crippen LogP contribution in [0.4, 0.5) is 0 Å². The predicted molar refractivity (Wildman–Crippen MR) is 64.3 cm³/mol. The number of nitrogens with zero attached hydrogens (tertiary/aromatic N) is 1. The molecular weight excluding hydrogens is 182 g/mol. The summed E-state index contributed by atoms with van der Waals surface area (Å²) in [5.74, 6) is 0.197. The molecule has 84 valence electrons. The van der Waals surface area contributed by atoms with E-state index in [0.717, 1.165) is 12.8 Å². The summed E-state index contributed by atoms with van der Waals surface area (Å²) in [7, 11) is 0. The molecule has 0 aliphatic heterocycles. The van der Waals surface area contributed by atoms with Gasteiger partial charge in [0.25, 0.3) is 0 Å². The van der Waals surface area contributed by atoms with Crippen LogP contribution in [0.25, 0.3) is 0 Å². The van der Waals surface area contributed by atoms with Crippen molar-refractivity contribution in [3.8, 4) is 6.07 Å². The maximum Gasteiger partial charge on any atom is 0.0652 e. The molecule has 0 bridgehead atoms. The van der Waals surface area contributed by atoms with Crippen LogP contribution >= 0.6 is 0 Å². The van der Waals surface area contributed by atoms with Gasteiger partial charge in [-0.25, -0.2) is 0 Å². The fraction of sp³-hybridized carbons (Fsp3) is 0.786. The fourth-order valence-corrected chi connectivity index (χ4v) is 2.65. The van der Waals surface area contributed by atoms with Crippen molar-refractivity contribution in [2.45, 2.75) is 59.8 Å². The second-order valence-electron chi connectivity index (χ2n) is 5.57. The van der Waals surface area contributed by atoms with Gasteiger partial charge in [-0.2, -0.15) is 5.26 Å². The minimum absolute atomic E-state index is 0.197. The summed E-state index contributed by atoms with van der Waals surface area (Å²) in [6, 6.07) is 2.32. The molecule has 1 heteroatoms. The minimum atomic E-state index is 0.197. The smallest absolute Gasteiger partial charge is 0.0652 e. The third-order valence-corrected chi connectivity index (χ3v) is 3.73. The Morgan fingerprint density at radius 3 is 2.67 bits per heavy atom. The Labute approximate surface area is 94.2 Å². The first-order valence-corrected chi connectivity index (χ1v) is 6.06. The average Bonchev–Trinajstić information content (AvgIpc) is 2.15. The highest BCUT2D eigenvalue weighted by molar-refractivity contribution is 5.22. The molecule has 0 heterocycles. The molecule has 0 amide bonds. The van der Waals surface area contributed by atoms with E-state index in [0.29, 0.717) is 5.41 Å². The van der Waals surface area contributed by atoms with Gasteiger partial charge in [0.1, 0.15) is 0 Å². The first-order chi connectivity index (χ1) is 6.97. The van der Waals surface area contributed by atoms with Gasteiger partial charge in [-0.15, -0.1) is 0 Å². The van der Waals surface area contributed by atoms with Crippen LogP contribution in [0.15, 0.2) is 11.1 Å². The Morgan fingerprint density at radius 1 is 1.47 bits per heavy atom. The molecule has 0 aromatic carbocycles. The van der Waals surface area contributed by atoms with Gasteiger partial charge in [0.05, 0.1) is 6.07 Å². The lowest BCUT2D eigenvalue weighted by atomic mass is 9.71. The molecule has 1 nitrogen and oxygen atoms in total. The van der Waals surface area contributed by atoms with Crippen molar-refractivity contribution >= 4 is 0 Å². The first kappa shape index (κ1) is 12.3. The molecule has 0 N–H and O–H groups in total. The number of rotatable bonds is 3. The van der Waals surface area contributed by atoms with Crippen molar-refractivity contribution in [2.75, 3.05) is 0 Å². The van der Waals surface area contributed by atoms with Crippen LogP contribution in [0.5, 0.6) is 0 Å². The third-order valence-electron chi connectivity index (χ3n) is 3.73. The van der Waals surface area contributed by atoms with Crippen LogP contribution in [0.3, 0.4) is 0 Å². The van der Waals surface area contributed by atoms with E-state index < -0.39 is 0 Å². The molecule has 1 unspecified atom stereocenters. The molecule has 0 saturated carbocycles. The molecule has 0 radical (unpaired) electrons. The summed E-state index contributed by atoms with van der Waals surface area (Å²) in [6.45, 7) is 8.99. The van der Waals surface area contributed by atoms with Gasteiger partial charge in [0.15, 0.2) is 0 Å². The van der Waals surface area contributed by atoms with E-state index in [1.807, 2.05) is 6.92 Å². The van der Waals surface area contributed by atoms with E-state index in [2.05, 4.69) is 26.8 Å². The maximum atomic E-state index is 8.79. The normalized spacial score (nSPS) is 22.3. The zero-order valence-electron chi connectivity index (χ0n) is 10.6. The number of allylic oxidation sites excluding steroid dienone is 2. The van der Waals surface area contributed by atoms with E-state index in [1.54, 1.807) is 11.1 Å². The number of hydrogen-bond donors (Lipinski definition) is 0. The lowest BCUT2D eigenvalue weighted by molar-refractivity contribution is 0.349. The molecule has 0 aromatic heterocycles. The van der Waals surface area contributed by atoms with E-state index in [9.17, 15) is 0 Å². The summed E-state index contributed by atoms with van der Waals surface area (Å²) in [5.41, 5.74) is 3.57. The van der Waals surface area contributed by atoms with Crippen molar-refractivity contribution < 1.29 is 0 Å². The highest BCUT2D eigenvalue weighted by atomic mass is 14.3. The van der Waals surface area contributed by atoms with Gasteiger partial charge >= 0.3 is 0 Å². The van der Waals surface area contributed by atoms with Gasteiger partial charge in [0.2, 0.25) is 0 Å². The van der Waals surface area contributed by atoms with Gasteiger partial charge in [-0.05, 0) is 51.4 Å². The van der Waals surface area contributed by atoms with E-state index in [-0.39, 0.29) is 5.92 Å². The summed E-state index contributed by atoms with van der Waals surface area (Å²) in [6.07, 6.45) is 6.04. The van der Waals surface area contributed by atoms with Crippen molar-refractivity contribution in [3.63, 3.8) is 0 Å². The van der Waals surface area contributed by atoms with Crippen LogP contribution in [0.2, 0.25) is 0 Å². The second kappa shape index (κ2) is 4.84. The van der Waals surface area contributed by atoms with Crippen LogP contribution < -0.4 is 0 Å². The molecular formula is C14H23N. The van der Waals surface area contributed by atoms with Crippen molar-refractivity contribution in [1.82, 2.24) is 0 Å². The topological polar surface area (TPSA) is 23.8 Å². The quantitative estimate of drug-likeness (QED) is 0.624. The van der Waals surface area contributed by atoms with Crippen LogP contribution in [-0.2, 0) is 0 Å². The number of hydrogen-bond acceptors (Lipinski definition) is 1. The molecule has 1 atom stereocenters. The Hall–Kier alpha value is -0.770. The van der Waals surface area contributed by atoms with Crippen molar-refractivity contribution in [2.24, 2.45) is 11.3 Å². The molecule has 0 spiro atoms. The van der Waals surface area contributed by atoms with E-state index >= 15 is 0 Å². The van der Waals surface area contributed by atoms with Gasteiger partial charge < -0.3 is 0 Å². The van der Waals surface area contributed by atoms with Gasteiger partial charge in [-0.3, -0.25) is 0 Å². The van der Waals surface area contributed by atoms with Crippen molar-refractivity contribution in [3.05, 3.63) is 11.1 Å². The molecule has 0 saturated heterocycles. The highest BCUT2D eigenvalue weighted by Gasteiger charge is 2.27. The molecule has 1 aliphatic rings. The molecule has 15 heavy (non-hydrogen) atoms. The zero-order valence-corrected chi connectivity index (χ0v) is 10.6. The summed E-state index contributed by atoms with van der Waals surface area (Å²) in [5, 5.41) is 8.79. The third kappa shape index (κ3) is 3.09. The van der Waals surface area contributed by atoms with E-state index in [1.165, 1.54) is 19.3 Å². The molecule has 1 rings (SSSR count). The standard InChI is InChI=1S/C14H23N/c1-11(10-15)7-8-13-12(2)6-5-9-14(13,3)4/h11H,5-9H2,1-4H3. The monoisotopic (exact) mass is 205 g/mol. The Kier molecular flexibility index (Phi) is 3.97. The SMILES string of the molecule is CC1=C(CCC(C)C#N)C(C)(C)CCC1. The Bertz CT molecular complexity index is 291. The Balaban J connectivity index is 2.69. The summed E-state index contributed by atoms with van der Waals surface area (Å²) >= 11 is 0. The maximum absolute atomic E-state index is 8.79. The Morgan fingerprint density at radius 2 is 2.13 bits per heavy atom. The van der Waals surface area contributed by atoms with Gasteiger partial charge in [-0.1, -0.05) is 25.0 Å². The fourth-order valence-electron chi connectivity index (χ4n) is 2.65. The highest BCUT2D eigenvalue weighted by Crippen LogP contribution is 2.42. The zero-order chi connectivity index (χ0) is 11.5. The van der Waals surface area contributed by atoms with Crippen LogP contribution in [0.1, 0.15) is 59.8 Å². The minimum Gasteiger partial charge on any atom is -0.198 e. The molecule has 1 aliphatic carbocycles. The summed E-state index contributed by atoms with van der Waals surface area (Å²) in [4.78, 5) is 0. The largest absolute Gasteiger partial charge is 0.198 e. The average molecular weight is 205 g/mol. The first-order valence-electron chi connectivity index (χ1n) is 6.06. The lowest BCUT2D eigenvalue weighted by Crippen LogP contribution is -2.20. The molecule has 0 fully saturated rings. The lowest BCUT2D eigenvalue weighted by Gasteiger charge is -2.35. The van der Waals surface area contributed by atoms with Crippen LogP contribution in [-0.4, -0.2) is 0 Å². The predicted octanol–water partition coefficient (Wildman–Crippen LogP) is 4.45. The van der Waals surface area contributed by atoms with Crippen LogP contribution in [0, 0.1) is 22.7 Å². The van der Waals surface area contributed by atoms with E-state index in [4.69, 9.17) is 5.26 Å². The second-order valence-corrected chi connectivity index (χ2v) is 5.57. The number of nitriles is 1.